The summed E-state index contributed by atoms with van der Waals surface area (Å²) in [5, 5.41) is 0. The summed E-state index contributed by atoms with van der Waals surface area (Å²) in [7, 11) is -1.38. The normalized spacial score (nSPS) is 12.0. The van der Waals surface area contributed by atoms with Gasteiger partial charge in [-0.25, -0.2) is 9.78 Å². The number of rotatable bonds is 5. The lowest BCUT2D eigenvalue weighted by atomic mass is 10.2. The standard InChI is InChI=1S/C18H16N2O4S/c1-2-24-18(22)14-11-19-16-15(9-6-10-20(16)17(14)21)25(23)12-13-7-4-3-5-8-13/h3-11H,2,12H2,1H3. The van der Waals surface area contributed by atoms with Crippen LogP contribution < -0.4 is 5.56 Å². The molecule has 2 aromatic heterocycles. The van der Waals surface area contributed by atoms with Crippen LogP contribution in [0.25, 0.3) is 5.65 Å². The average Bonchev–Trinajstić information content (AvgIpc) is 2.62. The molecular formula is C18H16N2O4S. The molecule has 128 valence electrons. The minimum Gasteiger partial charge on any atom is -0.462 e. The van der Waals surface area contributed by atoms with Gasteiger partial charge in [-0.1, -0.05) is 30.3 Å². The molecule has 3 aromatic rings. The first-order valence-electron chi connectivity index (χ1n) is 7.71. The van der Waals surface area contributed by atoms with Crippen LogP contribution in [0.3, 0.4) is 0 Å². The number of esters is 1. The quantitative estimate of drug-likeness (QED) is 0.655. The number of aromatic nitrogens is 2. The molecule has 7 heteroatoms. The van der Waals surface area contributed by atoms with Gasteiger partial charge >= 0.3 is 5.97 Å². The Morgan fingerprint density at radius 3 is 2.68 bits per heavy atom. The van der Waals surface area contributed by atoms with E-state index < -0.39 is 22.3 Å². The highest BCUT2D eigenvalue weighted by atomic mass is 32.2. The van der Waals surface area contributed by atoms with E-state index >= 15 is 0 Å². The molecule has 0 bridgehead atoms. The number of hydrogen-bond acceptors (Lipinski definition) is 5. The average molecular weight is 356 g/mol. The summed E-state index contributed by atoms with van der Waals surface area (Å²) < 4.78 is 18.8. The molecule has 2 heterocycles. The van der Waals surface area contributed by atoms with Crippen molar-refractivity contribution in [3.05, 3.63) is 76.3 Å². The summed E-state index contributed by atoms with van der Waals surface area (Å²) in [6.45, 7) is 1.83. The molecule has 1 atom stereocenters. The third-order valence-electron chi connectivity index (χ3n) is 3.58. The van der Waals surface area contributed by atoms with Gasteiger partial charge < -0.3 is 4.74 Å². The van der Waals surface area contributed by atoms with Gasteiger partial charge in [-0.3, -0.25) is 13.4 Å². The zero-order valence-electron chi connectivity index (χ0n) is 13.5. The molecule has 1 aromatic carbocycles. The first-order chi connectivity index (χ1) is 12.1. The lowest BCUT2D eigenvalue weighted by Gasteiger charge is -2.08. The second-order valence-corrected chi connectivity index (χ2v) is 6.66. The van der Waals surface area contributed by atoms with Crippen LogP contribution in [0.15, 0.2) is 64.5 Å². The van der Waals surface area contributed by atoms with E-state index in [0.29, 0.717) is 10.6 Å². The van der Waals surface area contributed by atoms with E-state index in [1.807, 2.05) is 30.3 Å². The maximum atomic E-state index is 12.7. The van der Waals surface area contributed by atoms with Crippen molar-refractivity contribution in [2.24, 2.45) is 0 Å². The maximum Gasteiger partial charge on any atom is 0.345 e. The van der Waals surface area contributed by atoms with Crippen LogP contribution >= 0.6 is 0 Å². The van der Waals surface area contributed by atoms with E-state index in [4.69, 9.17) is 4.74 Å². The smallest absolute Gasteiger partial charge is 0.345 e. The van der Waals surface area contributed by atoms with Crippen LogP contribution in [0.1, 0.15) is 22.8 Å². The van der Waals surface area contributed by atoms with E-state index in [-0.39, 0.29) is 17.8 Å². The van der Waals surface area contributed by atoms with Gasteiger partial charge in [0.25, 0.3) is 5.56 Å². The molecule has 3 rings (SSSR count). The van der Waals surface area contributed by atoms with Crippen molar-refractivity contribution in [2.45, 2.75) is 17.6 Å². The minimum atomic E-state index is -1.38. The fraction of sp³-hybridized carbons (Fsp3) is 0.167. The zero-order chi connectivity index (χ0) is 17.8. The molecule has 0 saturated heterocycles. The van der Waals surface area contributed by atoms with Gasteiger partial charge in [0.1, 0.15) is 5.56 Å². The Morgan fingerprint density at radius 2 is 1.96 bits per heavy atom. The zero-order valence-corrected chi connectivity index (χ0v) is 14.4. The van der Waals surface area contributed by atoms with E-state index in [9.17, 15) is 13.8 Å². The Kier molecular flexibility index (Phi) is 5.04. The highest BCUT2D eigenvalue weighted by Crippen LogP contribution is 2.16. The first-order valence-corrected chi connectivity index (χ1v) is 9.03. The van der Waals surface area contributed by atoms with Crippen molar-refractivity contribution in [2.75, 3.05) is 6.61 Å². The molecule has 0 aliphatic carbocycles. The molecule has 0 aliphatic heterocycles. The number of fused-ring (bicyclic) bond motifs is 1. The first kappa shape index (κ1) is 17.0. The van der Waals surface area contributed by atoms with Crippen molar-refractivity contribution >= 4 is 22.4 Å². The van der Waals surface area contributed by atoms with E-state index in [1.54, 1.807) is 19.1 Å². The van der Waals surface area contributed by atoms with Crippen LogP contribution in [0.2, 0.25) is 0 Å². The predicted molar refractivity (Wildman–Crippen MR) is 94.0 cm³/mol. The summed E-state index contributed by atoms with van der Waals surface area (Å²) >= 11 is 0. The number of carbonyl (C=O) groups excluding carboxylic acids is 1. The number of hydrogen-bond donors (Lipinski definition) is 0. The Bertz CT molecular complexity index is 999. The largest absolute Gasteiger partial charge is 0.462 e. The van der Waals surface area contributed by atoms with Crippen molar-refractivity contribution in [3.63, 3.8) is 0 Å². The van der Waals surface area contributed by atoms with Gasteiger partial charge in [-0.05, 0) is 24.6 Å². The minimum absolute atomic E-state index is 0.148. The third-order valence-corrected chi connectivity index (χ3v) is 4.98. The van der Waals surface area contributed by atoms with Gasteiger partial charge in [0.2, 0.25) is 0 Å². The Balaban J connectivity index is 2.03. The van der Waals surface area contributed by atoms with Crippen LogP contribution in [-0.4, -0.2) is 26.2 Å². The summed E-state index contributed by atoms with van der Waals surface area (Å²) in [4.78, 5) is 29.0. The fourth-order valence-electron chi connectivity index (χ4n) is 2.41. The van der Waals surface area contributed by atoms with Gasteiger partial charge in [0.05, 0.1) is 28.1 Å². The lowest BCUT2D eigenvalue weighted by Crippen LogP contribution is -2.24. The summed E-state index contributed by atoms with van der Waals surface area (Å²) in [5.74, 6) is -0.402. The van der Waals surface area contributed by atoms with E-state index in [2.05, 4.69) is 4.98 Å². The fourth-order valence-corrected chi connectivity index (χ4v) is 3.65. The molecule has 0 saturated carbocycles. The van der Waals surface area contributed by atoms with E-state index in [1.165, 1.54) is 16.8 Å². The molecule has 0 aliphatic rings. The number of nitrogens with zero attached hydrogens (tertiary/aromatic N) is 2. The predicted octanol–water partition coefficient (Wildman–Crippen LogP) is 2.18. The second kappa shape index (κ2) is 7.40. The Morgan fingerprint density at radius 1 is 1.20 bits per heavy atom. The van der Waals surface area contributed by atoms with Crippen molar-refractivity contribution in [1.29, 1.82) is 0 Å². The molecular weight excluding hydrogens is 340 g/mol. The van der Waals surface area contributed by atoms with Crippen molar-refractivity contribution in [3.8, 4) is 0 Å². The number of carbonyl (C=O) groups is 1. The number of ether oxygens (including phenoxy) is 1. The molecule has 0 radical (unpaired) electrons. The molecule has 0 N–H and O–H groups in total. The molecule has 6 nitrogen and oxygen atoms in total. The van der Waals surface area contributed by atoms with Crippen molar-refractivity contribution < 1.29 is 13.7 Å². The molecule has 0 amide bonds. The summed E-state index contributed by atoms with van der Waals surface area (Å²) in [6.07, 6.45) is 2.68. The topological polar surface area (TPSA) is 77.7 Å². The van der Waals surface area contributed by atoms with E-state index in [0.717, 1.165) is 5.56 Å². The molecule has 0 fully saturated rings. The maximum absolute atomic E-state index is 12.7. The number of benzene rings is 1. The highest BCUT2D eigenvalue weighted by molar-refractivity contribution is 7.84. The van der Waals surface area contributed by atoms with Crippen LogP contribution in [0.5, 0.6) is 0 Å². The molecule has 0 spiro atoms. The van der Waals surface area contributed by atoms with Gasteiger partial charge in [-0.2, -0.15) is 0 Å². The third kappa shape index (κ3) is 3.51. The lowest BCUT2D eigenvalue weighted by molar-refractivity contribution is 0.0523. The molecule has 1 unspecified atom stereocenters. The summed E-state index contributed by atoms with van der Waals surface area (Å²) in [5.41, 5.74) is 0.510. The highest BCUT2D eigenvalue weighted by Gasteiger charge is 2.17. The number of pyridine rings is 1. The van der Waals surface area contributed by atoms with Gasteiger partial charge in [0, 0.05) is 12.4 Å². The summed E-state index contributed by atoms with van der Waals surface area (Å²) in [6, 6.07) is 12.7. The Hall–Kier alpha value is -2.80. The van der Waals surface area contributed by atoms with Crippen molar-refractivity contribution in [1.82, 2.24) is 9.38 Å². The SMILES string of the molecule is CCOC(=O)c1cnc2c(S(=O)Cc3ccccc3)cccn2c1=O. The van der Waals surface area contributed by atoms with Crippen LogP contribution in [0, 0.1) is 0 Å². The van der Waals surface area contributed by atoms with Gasteiger partial charge in [0.15, 0.2) is 5.65 Å². The monoisotopic (exact) mass is 356 g/mol. The van der Waals surface area contributed by atoms with Crippen LogP contribution in [-0.2, 0) is 21.3 Å². The Labute approximate surface area is 146 Å². The van der Waals surface area contributed by atoms with Gasteiger partial charge in [-0.15, -0.1) is 0 Å². The molecule has 25 heavy (non-hydrogen) atoms. The second-order valence-electron chi connectivity index (χ2n) is 5.24. The van der Waals surface area contributed by atoms with Crippen LogP contribution in [0.4, 0.5) is 0 Å².